The van der Waals surface area contributed by atoms with Gasteiger partial charge >= 0.3 is 6.18 Å². The van der Waals surface area contributed by atoms with Crippen molar-refractivity contribution in [2.45, 2.75) is 13.1 Å². The molecule has 23 heavy (non-hydrogen) atoms. The minimum Gasteiger partial charge on any atom is -0.506 e. The summed E-state index contributed by atoms with van der Waals surface area (Å²) in [6.07, 6.45) is -4.35. The number of ketones is 1. The average molecular weight is 339 g/mol. The van der Waals surface area contributed by atoms with Gasteiger partial charge in [-0.2, -0.15) is 13.2 Å². The smallest absolute Gasteiger partial charge is 0.455 e. The van der Waals surface area contributed by atoms with E-state index in [0.717, 1.165) is 23.1 Å². The zero-order chi connectivity index (χ0) is 17.0. The van der Waals surface area contributed by atoms with Crippen molar-refractivity contribution < 1.29 is 23.1 Å². The standard InChI is InChI=1S/C16H12F3NO2S/c1-10-4-2-5-11(8-10)20-9-12(15(22)16(17,18)19)14(21)13-6-3-7-23-13/h2-9,21H,1H3/b14-12+,20-9?. The van der Waals surface area contributed by atoms with Gasteiger partial charge in [0.25, 0.3) is 5.78 Å². The summed E-state index contributed by atoms with van der Waals surface area (Å²) in [5.41, 5.74) is 0.368. The predicted octanol–water partition coefficient (Wildman–Crippen LogP) is 4.86. The van der Waals surface area contributed by atoms with Gasteiger partial charge in [0.2, 0.25) is 0 Å². The first-order valence-corrected chi connectivity index (χ1v) is 7.36. The van der Waals surface area contributed by atoms with Crippen LogP contribution in [0.5, 0.6) is 0 Å². The third-order valence-electron chi connectivity index (χ3n) is 2.86. The Hall–Kier alpha value is -2.41. The molecule has 0 aliphatic heterocycles. The van der Waals surface area contributed by atoms with Gasteiger partial charge in [0.05, 0.1) is 16.1 Å². The summed E-state index contributed by atoms with van der Waals surface area (Å²) in [4.78, 5) is 15.6. The second-order valence-corrected chi connectivity index (χ2v) is 5.61. The van der Waals surface area contributed by atoms with Gasteiger partial charge in [0.15, 0.2) is 0 Å². The Bertz CT molecular complexity index is 762. The zero-order valence-electron chi connectivity index (χ0n) is 12.0. The van der Waals surface area contributed by atoms with Gasteiger partial charge in [-0.1, -0.05) is 18.2 Å². The molecule has 0 fully saturated rings. The highest BCUT2D eigenvalue weighted by Gasteiger charge is 2.41. The van der Waals surface area contributed by atoms with Crippen LogP contribution in [0.25, 0.3) is 5.76 Å². The molecule has 0 spiro atoms. The molecule has 0 saturated heterocycles. The van der Waals surface area contributed by atoms with Crippen LogP contribution in [0.3, 0.4) is 0 Å². The first-order valence-electron chi connectivity index (χ1n) is 6.48. The van der Waals surface area contributed by atoms with Crippen LogP contribution in [0.1, 0.15) is 10.4 Å². The highest BCUT2D eigenvalue weighted by atomic mass is 32.1. The first kappa shape index (κ1) is 17.0. The van der Waals surface area contributed by atoms with Gasteiger partial charge in [0, 0.05) is 6.21 Å². The van der Waals surface area contributed by atoms with Crippen molar-refractivity contribution in [3.05, 3.63) is 57.8 Å². The largest absolute Gasteiger partial charge is 0.506 e. The fourth-order valence-electron chi connectivity index (χ4n) is 1.77. The SMILES string of the molecule is Cc1cccc(N=C/C(C(=O)C(F)(F)F)=C(\O)c2cccs2)c1. The lowest BCUT2D eigenvalue weighted by molar-refractivity contribution is -0.165. The fraction of sp³-hybridized carbons (Fsp3) is 0.125. The molecular weight excluding hydrogens is 327 g/mol. The van der Waals surface area contributed by atoms with E-state index in [9.17, 15) is 23.1 Å². The lowest BCUT2D eigenvalue weighted by atomic mass is 10.1. The second kappa shape index (κ2) is 6.78. The van der Waals surface area contributed by atoms with E-state index in [0.29, 0.717) is 5.69 Å². The molecule has 120 valence electrons. The number of aliphatic hydroxyl groups is 1. The van der Waals surface area contributed by atoms with Gasteiger partial charge in [-0.3, -0.25) is 9.79 Å². The molecule has 0 aliphatic carbocycles. The number of allylic oxidation sites excluding steroid dienone is 1. The second-order valence-electron chi connectivity index (χ2n) is 4.66. The van der Waals surface area contributed by atoms with Crippen LogP contribution >= 0.6 is 11.3 Å². The molecule has 3 nitrogen and oxygen atoms in total. The molecule has 0 unspecified atom stereocenters. The number of Topliss-reactive ketones (excluding diaryl/α,β-unsaturated/α-hetero) is 1. The van der Waals surface area contributed by atoms with Gasteiger partial charge in [0.1, 0.15) is 5.76 Å². The van der Waals surface area contributed by atoms with E-state index in [1.165, 1.54) is 6.07 Å². The van der Waals surface area contributed by atoms with Crippen molar-refractivity contribution in [1.29, 1.82) is 0 Å². The number of hydrogen-bond acceptors (Lipinski definition) is 4. The zero-order valence-corrected chi connectivity index (χ0v) is 12.8. The molecule has 0 saturated carbocycles. The van der Waals surface area contributed by atoms with Gasteiger partial charge in [-0.25, -0.2) is 0 Å². The van der Waals surface area contributed by atoms with Gasteiger partial charge < -0.3 is 5.11 Å². The van der Waals surface area contributed by atoms with Crippen LogP contribution in [0.4, 0.5) is 18.9 Å². The topological polar surface area (TPSA) is 49.7 Å². The Morgan fingerprint density at radius 3 is 2.57 bits per heavy atom. The number of carbonyl (C=O) groups is 1. The number of nitrogens with zero attached hydrogens (tertiary/aromatic N) is 1. The number of carbonyl (C=O) groups excluding carboxylic acids is 1. The maximum atomic E-state index is 12.7. The van der Waals surface area contributed by atoms with E-state index in [-0.39, 0.29) is 4.88 Å². The quantitative estimate of drug-likeness (QED) is 0.491. The number of halogens is 3. The van der Waals surface area contributed by atoms with Gasteiger partial charge in [-0.15, -0.1) is 11.3 Å². The molecule has 1 N–H and O–H groups in total. The van der Waals surface area contributed by atoms with Crippen LogP contribution in [-0.4, -0.2) is 23.3 Å². The summed E-state index contributed by atoms with van der Waals surface area (Å²) in [5, 5.41) is 11.6. The summed E-state index contributed by atoms with van der Waals surface area (Å²) in [6, 6.07) is 9.71. The van der Waals surface area contributed by atoms with E-state index < -0.39 is 23.3 Å². The van der Waals surface area contributed by atoms with Crippen molar-refractivity contribution in [3.8, 4) is 0 Å². The molecule has 2 aromatic rings. The molecule has 0 aliphatic rings. The third-order valence-corrected chi connectivity index (χ3v) is 3.73. The molecule has 0 bridgehead atoms. The molecule has 2 rings (SSSR count). The maximum Gasteiger partial charge on any atom is 0.455 e. The van der Waals surface area contributed by atoms with Crippen LogP contribution < -0.4 is 0 Å². The van der Waals surface area contributed by atoms with E-state index in [1.54, 1.807) is 42.6 Å². The predicted molar refractivity (Wildman–Crippen MR) is 84.3 cm³/mol. The van der Waals surface area contributed by atoms with Crippen LogP contribution in [0.15, 0.2) is 52.3 Å². The molecule has 0 radical (unpaired) electrons. The van der Waals surface area contributed by atoms with E-state index in [2.05, 4.69) is 4.99 Å². The van der Waals surface area contributed by atoms with E-state index >= 15 is 0 Å². The van der Waals surface area contributed by atoms with E-state index in [4.69, 9.17) is 0 Å². The summed E-state index contributed by atoms with van der Waals surface area (Å²) in [6.45, 7) is 1.81. The number of alkyl halides is 3. The van der Waals surface area contributed by atoms with Crippen molar-refractivity contribution >= 4 is 34.8 Å². The average Bonchev–Trinajstić information content (AvgIpc) is 3.00. The Morgan fingerprint density at radius 2 is 2.00 bits per heavy atom. The molecule has 1 aromatic heterocycles. The summed E-state index contributed by atoms with van der Waals surface area (Å²) >= 11 is 1.02. The highest BCUT2D eigenvalue weighted by Crippen LogP contribution is 2.27. The Labute approximate surface area is 134 Å². The van der Waals surface area contributed by atoms with E-state index in [1.807, 2.05) is 0 Å². The lowest BCUT2D eigenvalue weighted by Gasteiger charge is -2.08. The normalized spacial score (nSPS) is 13.2. The number of aryl methyl sites for hydroxylation is 1. The van der Waals surface area contributed by atoms with Crippen molar-refractivity contribution in [3.63, 3.8) is 0 Å². The van der Waals surface area contributed by atoms with Crippen molar-refractivity contribution in [1.82, 2.24) is 0 Å². The summed E-state index contributed by atoms with van der Waals surface area (Å²) in [5.74, 6) is -2.88. The minimum absolute atomic E-state index is 0.160. The number of hydrogen-bond donors (Lipinski definition) is 1. The number of aliphatic hydroxyl groups excluding tert-OH is 1. The Kier molecular flexibility index (Phi) is 5.00. The van der Waals surface area contributed by atoms with Crippen LogP contribution in [-0.2, 0) is 4.79 Å². The molecule has 1 aromatic carbocycles. The van der Waals surface area contributed by atoms with Crippen molar-refractivity contribution in [2.75, 3.05) is 0 Å². The lowest BCUT2D eigenvalue weighted by Crippen LogP contribution is -2.26. The van der Waals surface area contributed by atoms with Gasteiger partial charge in [-0.05, 0) is 36.1 Å². The third kappa shape index (κ3) is 4.29. The molecule has 7 heteroatoms. The first-order chi connectivity index (χ1) is 10.8. The number of aliphatic imine (C=N–C) groups is 1. The number of rotatable bonds is 4. The maximum absolute atomic E-state index is 12.7. The molecular formula is C16H12F3NO2S. The van der Waals surface area contributed by atoms with Crippen LogP contribution in [0, 0.1) is 6.92 Å². The summed E-state index contributed by atoms with van der Waals surface area (Å²) < 4.78 is 38.2. The molecule has 0 amide bonds. The number of benzene rings is 1. The molecule has 0 atom stereocenters. The van der Waals surface area contributed by atoms with Crippen molar-refractivity contribution in [2.24, 2.45) is 4.99 Å². The highest BCUT2D eigenvalue weighted by molar-refractivity contribution is 7.11. The Morgan fingerprint density at radius 1 is 1.26 bits per heavy atom. The fourth-order valence-corrected chi connectivity index (χ4v) is 2.46. The number of thiophene rings is 1. The molecule has 1 heterocycles. The minimum atomic E-state index is -5.10. The monoisotopic (exact) mass is 339 g/mol. The Balaban J connectivity index is 2.46. The summed E-state index contributed by atoms with van der Waals surface area (Å²) in [7, 11) is 0. The van der Waals surface area contributed by atoms with Crippen LogP contribution in [0.2, 0.25) is 0 Å².